The van der Waals surface area contributed by atoms with Crippen LogP contribution in [0.2, 0.25) is 0 Å². The van der Waals surface area contributed by atoms with Crippen LogP contribution in [0.5, 0.6) is 0 Å². The molecule has 1 amide bonds. The summed E-state index contributed by atoms with van der Waals surface area (Å²) in [6.45, 7) is 7.26. The van der Waals surface area contributed by atoms with Gasteiger partial charge in [0.1, 0.15) is 0 Å². The number of rotatable bonds is 4. The average Bonchev–Trinajstić information content (AvgIpc) is 2.82. The summed E-state index contributed by atoms with van der Waals surface area (Å²) in [7, 11) is 1.85. The zero-order valence-corrected chi connectivity index (χ0v) is 12.0. The number of nitrogens with zero attached hydrogens (tertiary/aromatic N) is 3. The van der Waals surface area contributed by atoms with E-state index >= 15 is 0 Å². The maximum absolute atomic E-state index is 11.7. The molecule has 2 rings (SSSR count). The summed E-state index contributed by atoms with van der Waals surface area (Å²) in [5.41, 5.74) is 0. The molecule has 1 saturated heterocycles. The van der Waals surface area contributed by atoms with Crippen LogP contribution < -0.4 is 10.2 Å². The molecule has 2 heterocycles. The fraction of sp³-hybridized carbons (Fsp3) is 0.667. The van der Waals surface area contributed by atoms with E-state index in [9.17, 15) is 4.79 Å². The first kappa shape index (κ1) is 13.3. The van der Waals surface area contributed by atoms with E-state index in [4.69, 9.17) is 0 Å². The average molecular weight is 268 g/mol. The number of likely N-dealkylation sites (N-methyl/N-ethyl adjacent to an activating group) is 1. The number of nitrogens with one attached hydrogen (secondary N) is 1. The number of carbonyl (C=O) groups excluding carboxylic acids is 1. The van der Waals surface area contributed by atoms with Gasteiger partial charge in [0.2, 0.25) is 5.91 Å². The number of thiazole rings is 1. The molecule has 0 radical (unpaired) electrons. The quantitative estimate of drug-likeness (QED) is 0.888. The lowest BCUT2D eigenvalue weighted by Crippen LogP contribution is -2.48. The molecule has 0 aliphatic carbocycles. The Kier molecular flexibility index (Phi) is 4.19. The third kappa shape index (κ3) is 2.81. The van der Waals surface area contributed by atoms with Gasteiger partial charge in [0, 0.05) is 37.3 Å². The van der Waals surface area contributed by atoms with Crippen molar-refractivity contribution in [2.24, 2.45) is 0 Å². The number of hydrogen-bond acceptors (Lipinski definition) is 5. The molecule has 1 fully saturated rings. The highest BCUT2D eigenvalue weighted by atomic mass is 32.1. The fourth-order valence-corrected chi connectivity index (χ4v) is 2.92. The molecule has 0 aromatic carbocycles. The van der Waals surface area contributed by atoms with Crippen LogP contribution in [0.25, 0.3) is 0 Å². The Morgan fingerprint density at radius 3 is 3.00 bits per heavy atom. The lowest BCUT2D eigenvalue weighted by molar-refractivity contribution is -0.129. The number of piperazine rings is 1. The van der Waals surface area contributed by atoms with Crippen molar-refractivity contribution >= 4 is 22.4 Å². The van der Waals surface area contributed by atoms with Gasteiger partial charge in [-0.3, -0.25) is 4.79 Å². The second kappa shape index (κ2) is 5.67. The van der Waals surface area contributed by atoms with Crippen molar-refractivity contribution in [1.29, 1.82) is 0 Å². The van der Waals surface area contributed by atoms with Gasteiger partial charge in [-0.15, -0.1) is 11.3 Å². The Bertz CT molecular complexity index is 420. The largest absolute Gasteiger partial charge is 0.342 e. The van der Waals surface area contributed by atoms with Gasteiger partial charge in [-0.25, -0.2) is 4.98 Å². The van der Waals surface area contributed by atoms with Gasteiger partial charge >= 0.3 is 0 Å². The topological polar surface area (TPSA) is 48.5 Å². The Labute approximate surface area is 112 Å². The highest BCUT2D eigenvalue weighted by molar-refractivity contribution is 7.15. The molecule has 1 aliphatic rings. The molecule has 18 heavy (non-hydrogen) atoms. The van der Waals surface area contributed by atoms with E-state index in [1.54, 1.807) is 16.2 Å². The Hall–Kier alpha value is -1.14. The highest BCUT2D eigenvalue weighted by Crippen LogP contribution is 2.27. The van der Waals surface area contributed by atoms with Gasteiger partial charge in [0.15, 0.2) is 5.13 Å². The zero-order valence-electron chi connectivity index (χ0n) is 11.1. The molecule has 0 spiro atoms. The summed E-state index contributed by atoms with van der Waals surface area (Å²) in [5.74, 6) is 0.165. The zero-order chi connectivity index (χ0) is 13.1. The first-order valence-corrected chi connectivity index (χ1v) is 7.11. The summed E-state index contributed by atoms with van der Waals surface area (Å²) in [6, 6.07) is 0.324. The number of amides is 1. The smallest absolute Gasteiger partial charge is 0.241 e. The second-order valence-electron chi connectivity index (χ2n) is 4.56. The van der Waals surface area contributed by atoms with Gasteiger partial charge in [-0.1, -0.05) is 6.92 Å². The fourth-order valence-electron chi connectivity index (χ4n) is 1.95. The summed E-state index contributed by atoms with van der Waals surface area (Å²) < 4.78 is 0. The molecule has 0 bridgehead atoms. The van der Waals surface area contributed by atoms with Gasteiger partial charge in [0.25, 0.3) is 0 Å². The molecule has 5 nitrogen and oxygen atoms in total. The Morgan fingerprint density at radius 1 is 1.56 bits per heavy atom. The first-order chi connectivity index (χ1) is 8.61. The second-order valence-corrected chi connectivity index (χ2v) is 5.60. The van der Waals surface area contributed by atoms with Crippen molar-refractivity contribution in [2.45, 2.75) is 19.9 Å². The molecular weight excluding hydrogens is 248 g/mol. The molecule has 1 atom stereocenters. The summed E-state index contributed by atoms with van der Waals surface area (Å²) in [6.07, 6.45) is 1.91. The molecule has 6 heteroatoms. The minimum atomic E-state index is 0.165. The van der Waals surface area contributed by atoms with Crippen LogP contribution in [0.3, 0.4) is 0 Å². The number of hydrogen-bond donors (Lipinski definition) is 1. The molecule has 1 N–H and O–H groups in total. The summed E-state index contributed by atoms with van der Waals surface area (Å²) >= 11 is 1.67. The van der Waals surface area contributed by atoms with E-state index in [1.165, 1.54) is 4.88 Å². The third-order valence-electron chi connectivity index (χ3n) is 3.18. The molecule has 1 aromatic rings. The van der Waals surface area contributed by atoms with Crippen molar-refractivity contribution in [3.63, 3.8) is 0 Å². The number of anilines is 1. The van der Waals surface area contributed by atoms with Gasteiger partial charge < -0.3 is 15.1 Å². The monoisotopic (exact) mass is 268 g/mol. The normalized spacial score (nSPS) is 18.3. The molecule has 1 unspecified atom stereocenters. The van der Waals surface area contributed by atoms with E-state index in [2.05, 4.69) is 29.0 Å². The first-order valence-electron chi connectivity index (χ1n) is 6.29. The Morgan fingerprint density at radius 2 is 2.33 bits per heavy atom. The molecule has 0 saturated carbocycles. The van der Waals surface area contributed by atoms with E-state index in [0.717, 1.165) is 24.8 Å². The highest BCUT2D eigenvalue weighted by Gasteiger charge is 2.23. The lowest BCUT2D eigenvalue weighted by Gasteiger charge is -2.31. The van der Waals surface area contributed by atoms with Crippen LogP contribution in [0.4, 0.5) is 5.13 Å². The van der Waals surface area contributed by atoms with Crippen LogP contribution in [0, 0.1) is 0 Å². The maximum atomic E-state index is 11.7. The summed E-state index contributed by atoms with van der Waals surface area (Å²) in [4.78, 5) is 21.2. The van der Waals surface area contributed by atoms with E-state index in [1.807, 2.05) is 13.2 Å². The van der Waals surface area contributed by atoms with Crippen molar-refractivity contribution in [1.82, 2.24) is 15.2 Å². The van der Waals surface area contributed by atoms with Gasteiger partial charge in [0.05, 0.1) is 6.54 Å². The van der Waals surface area contributed by atoms with E-state index in [-0.39, 0.29) is 5.91 Å². The van der Waals surface area contributed by atoms with Crippen LogP contribution in [0.15, 0.2) is 6.20 Å². The van der Waals surface area contributed by atoms with Crippen LogP contribution in [-0.2, 0) is 4.79 Å². The van der Waals surface area contributed by atoms with Crippen LogP contribution in [-0.4, -0.2) is 49.0 Å². The van der Waals surface area contributed by atoms with Gasteiger partial charge in [-0.2, -0.15) is 0 Å². The van der Waals surface area contributed by atoms with E-state index in [0.29, 0.717) is 12.6 Å². The van der Waals surface area contributed by atoms with Crippen LogP contribution in [0.1, 0.15) is 24.8 Å². The SMILES string of the molecule is CCNC(C)c1cnc(N2CCN(C)C(=O)C2)s1. The third-order valence-corrected chi connectivity index (χ3v) is 4.42. The maximum Gasteiger partial charge on any atom is 0.241 e. The Balaban J connectivity index is 2.04. The minimum Gasteiger partial charge on any atom is -0.342 e. The van der Waals surface area contributed by atoms with Gasteiger partial charge in [-0.05, 0) is 13.5 Å². The van der Waals surface area contributed by atoms with Crippen molar-refractivity contribution in [3.05, 3.63) is 11.1 Å². The molecule has 1 aromatic heterocycles. The van der Waals surface area contributed by atoms with Crippen molar-refractivity contribution in [2.75, 3.05) is 38.1 Å². The predicted octanol–water partition coefficient (Wildman–Crippen LogP) is 1.09. The molecular formula is C12H20N4OS. The van der Waals surface area contributed by atoms with E-state index < -0.39 is 0 Å². The lowest BCUT2D eigenvalue weighted by atomic mass is 10.3. The van der Waals surface area contributed by atoms with Crippen molar-refractivity contribution < 1.29 is 4.79 Å². The number of aromatic nitrogens is 1. The number of carbonyl (C=O) groups is 1. The standard InChI is InChI=1S/C12H20N4OS/c1-4-13-9(2)10-7-14-12(18-10)16-6-5-15(3)11(17)8-16/h7,9,13H,4-6,8H2,1-3H3. The molecule has 100 valence electrons. The van der Waals surface area contributed by atoms with Crippen LogP contribution >= 0.6 is 11.3 Å². The predicted molar refractivity (Wildman–Crippen MR) is 74.1 cm³/mol. The minimum absolute atomic E-state index is 0.165. The molecule has 1 aliphatic heterocycles. The summed E-state index contributed by atoms with van der Waals surface area (Å²) in [5, 5.41) is 4.33. The van der Waals surface area contributed by atoms with Crippen molar-refractivity contribution in [3.8, 4) is 0 Å².